The SMILES string of the molecule is COC(=O)c1ccc(NC(=O)NCc2cnn(C)c2C)c(F)c1. The number of ether oxygens (including phenoxy) is 1. The van der Waals surface area contributed by atoms with Crippen molar-refractivity contribution in [3.05, 3.63) is 47.0 Å². The smallest absolute Gasteiger partial charge is 0.337 e. The minimum atomic E-state index is -0.722. The van der Waals surface area contributed by atoms with E-state index in [1.807, 2.05) is 6.92 Å². The van der Waals surface area contributed by atoms with E-state index in [-0.39, 0.29) is 17.8 Å². The van der Waals surface area contributed by atoms with Gasteiger partial charge in [-0.05, 0) is 25.1 Å². The molecule has 0 saturated heterocycles. The van der Waals surface area contributed by atoms with Gasteiger partial charge in [0.2, 0.25) is 0 Å². The molecule has 1 aromatic carbocycles. The lowest BCUT2D eigenvalue weighted by atomic mass is 10.2. The zero-order chi connectivity index (χ0) is 17.0. The number of nitrogens with one attached hydrogen (secondary N) is 2. The molecule has 0 atom stereocenters. The molecule has 122 valence electrons. The quantitative estimate of drug-likeness (QED) is 0.844. The zero-order valence-electron chi connectivity index (χ0n) is 13.0. The molecule has 0 aliphatic rings. The number of aryl methyl sites for hydroxylation is 1. The summed E-state index contributed by atoms with van der Waals surface area (Å²) in [5, 5.41) is 9.07. The fourth-order valence-corrected chi connectivity index (χ4v) is 1.92. The van der Waals surface area contributed by atoms with Crippen LogP contribution in [0.15, 0.2) is 24.4 Å². The Hall–Kier alpha value is -2.90. The van der Waals surface area contributed by atoms with E-state index in [9.17, 15) is 14.0 Å². The number of nitrogens with zero attached hydrogens (tertiary/aromatic N) is 2. The van der Waals surface area contributed by atoms with Gasteiger partial charge < -0.3 is 15.4 Å². The van der Waals surface area contributed by atoms with Crippen molar-refractivity contribution in [2.45, 2.75) is 13.5 Å². The summed E-state index contributed by atoms with van der Waals surface area (Å²) in [6.45, 7) is 2.15. The van der Waals surface area contributed by atoms with Crippen LogP contribution in [0.25, 0.3) is 0 Å². The van der Waals surface area contributed by atoms with Gasteiger partial charge in [0.1, 0.15) is 5.82 Å². The number of halogens is 1. The second-order valence-electron chi connectivity index (χ2n) is 4.87. The van der Waals surface area contributed by atoms with Crippen molar-refractivity contribution in [2.24, 2.45) is 7.05 Å². The second-order valence-corrected chi connectivity index (χ2v) is 4.87. The van der Waals surface area contributed by atoms with Gasteiger partial charge in [-0.15, -0.1) is 0 Å². The molecule has 0 unspecified atom stereocenters. The Kier molecular flexibility index (Phi) is 4.95. The van der Waals surface area contributed by atoms with Crippen molar-refractivity contribution in [3.63, 3.8) is 0 Å². The van der Waals surface area contributed by atoms with Gasteiger partial charge in [0.15, 0.2) is 0 Å². The van der Waals surface area contributed by atoms with E-state index in [2.05, 4.69) is 20.5 Å². The molecule has 0 fully saturated rings. The van der Waals surface area contributed by atoms with Gasteiger partial charge in [-0.25, -0.2) is 14.0 Å². The van der Waals surface area contributed by atoms with Gasteiger partial charge in [-0.1, -0.05) is 0 Å². The number of aromatic nitrogens is 2. The number of urea groups is 1. The Balaban J connectivity index is 1.97. The van der Waals surface area contributed by atoms with E-state index in [1.165, 1.54) is 19.2 Å². The summed E-state index contributed by atoms with van der Waals surface area (Å²) in [6.07, 6.45) is 1.65. The van der Waals surface area contributed by atoms with Crippen molar-refractivity contribution in [1.29, 1.82) is 0 Å². The van der Waals surface area contributed by atoms with Crippen LogP contribution in [0.4, 0.5) is 14.9 Å². The zero-order valence-corrected chi connectivity index (χ0v) is 13.0. The molecule has 23 heavy (non-hydrogen) atoms. The topological polar surface area (TPSA) is 85.2 Å². The minimum Gasteiger partial charge on any atom is -0.465 e. The van der Waals surface area contributed by atoms with Crippen LogP contribution in [0.5, 0.6) is 0 Å². The molecule has 2 amide bonds. The molecule has 0 spiro atoms. The molecule has 1 aromatic heterocycles. The summed E-state index contributed by atoms with van der Waals surface area (Å²) in [7, 11) is 3.01. The number of benzene rings is 1. The van der Waals surface area contributed by atoms with Gasteiger partial charge in [-0.3, -0.25) is 4.68 Å². The highest BCUT2D eigenvalue weighted by atomic mass is 19.1. The molecular weight excluding hydrogens is 303 g/mol. The number of methoxy groups -OCH3 is 1. The maximum atomic E-state index is 13.9. The van der Waals surface area contributed by atoms with Gasteiger partial charge in [0.25, 0.3) is 0 Å². The number of esters is 1. The van der Waals surface area contributed by atoms with Crippen molar-refractivity contribution in [1.82, 2.24) is 15.1 Å². The molecule has 0 radical (unpaired) electrons. The summed E-state index contributed by atoms with van der Waals surface area (Å²) >= 11 is 0. The lowest BCUT2D eigenvalue weighted by molar-refractivity contribution is 0.0600. The van der Waals surface area contributed by atoms with Gasteiger partial charge in [0, 0.05) is 24.8 Å². The second kappa shape index (κ2) is 6.91. The summed E-state index contributed by atoms with van der Waals surface area (Å²) in [5.41, 5.74) is 1.84. The van der Waals surface area contributed by atoms with Gasteiger partial charge in [-0.2, -0.15) is 5.10 Å². The molecule has 2 N–H and O–H groups in total. The monoisotopic (exact) mass is 320 g/mol. The van der Waals surface area contributed by atoms with Crippen LogP contribution >= 0.6 is 0 Å². The first kappa shape index (κ1) is 16.5. The maximum absolute atomic E-state index is 13.9. The average Bonchev–Trinajstić information content (AvgIpc) is 2.85. The third kappa shape index (κ3) is 3.85. The Bertz CT molecular complexity index is 742. The van der Waals surface area contributed by atoms with E-state index in [1.54, 1.807) is 17.9 Å². The normalized spacial score (nSPS) is 10.3. The number of anilines is 1. The minimum absolute atomic E-state index is 0.0296. The lowest BCUT2D eigenvalue weighted by Gasteiger charge is -2.09. The van der Waals surface area contributed by atoms with E-state index < -0.39 is 17.8 Å². The standard InChI is InChI=1S/C15H17FN4O3/c1-9-11(8-18-20(9)2)7-17-15(22)19-13-5-4-10(6-12(13)16)14(21)23-3/h4-6,8H,7H2,1-3H3,(H2,17,19,22). The molecule has 1 heterocycles. The third-order valence-electron chi connectivity index (χ3n) is 3.41. The molecular formula is C15H17FN4O3. The Morgan fingerprint density at radius 1 is 1.39 bits per heavy atom. The first-order valence-electron chi connectivity index (χ1n) is 6.82. The number of hydrogen-bond acceptors (Lipinski definition) is 4. The molecule has 2 rings (SSSR count). The van der Waals surface area contributed by atoms with Crippen LogP contribution in [-0.2, 0) is 18.3 Å². The third-order valence-corrected chi connectivity index (χ3v) is 3.41. The van der Waals surface area contributed by atoms with E-state index >= 15 is 0 Å². The Morgan fingerprint density at radius 3 is 2.70 bits per heavy atom. The highest BCUT2D eigenvalue weighted by molar-refractivity contribution is 5.92. The first-order chi connectivity index (χ1) is 10.9. The van der Waals surface area contributed by atoms with Crippen molar-refractivity contribution < 1.29 is 18.7 Å². The number of carbonyl (C=O) groups excluding carboxylic acids is 2. The molecule has 8 heteroatoms. The fourth-order valence-electron chi connectivity index (χ4n) is 1.92. The highest BCUT2D eigenvalue weighted by Crippen LogP contribution is 2.16. The predicted molar refractivity (Wildman–Crippen MR) is 81.5 cm³/mol. The van der Waals surface area contributed by atoms with Crippen molar-refractivity contribution in [2.75, 3.05) is 12.4 Å². The summed E-state index contributed by atoms with van der Waals surface area (Å²) in [6, 6.07) is 3.12. The highest BCUT2D eigenvalue weighted by Gasteiger charge is 2.12. The van der Waals surface area contributed by atoms with Crippen LogP contribution in [-0.4, -0.2) is 28.9 Å². The number of rotatable bonds is 4. The molecule has 0 saturated carbocycles. The van der Waals surface area contributed by atoms with Crippen LogP contribution in [0, 0.1) is 12.7 Å². The maximum Gasteiger partial charge on any atom is 0.337 e. The first-order valence-corrected chi connectivity index (χ1v) is 6.82. The predicted octanol–water partition coefficient (Wildman–Crippen LogP) is 1.98. The Labute approximate surface area is 132 Å². The Morgan fingerprint density at radius 2 is 2.13 bits per heavy atom. The van der Waals surface area contributed by atoms with Crippen LogP contribution < -0.4 is 10.6 Å². The molecule has 0 bridgehead atoms. The lowest BCUT2D eigenvalue weighted by Crippen LogP contribution is -2.28. The van der Waals surface area contributed by atoms with Crippen LogP contribution in [0.1, 0.15) is 21.6 Å². The molecule has 0 aliphatic heterocycles. The summed E-state index contributed by atoms with van der Waals surface area (Å²) < 4.78 is 20.1. The van der Waals surface area contributed by atoms with Gasteiger partial charge >= 0.3 is 12.0 Å². The van der Waals surface area contributed by atoms with Crippen molar-refractivity contribution in [3.8, 4) is 0 Å². The largest absolute Gasteiger partial charge is 0.465 e. The number of carbonyl (C=O) groups is 2. The average molecular weight is 320 g/mol. The molecule has 0 aliphatic carbocycles. The van der Waals surface area contributed by atoms with E-state index in [0.717, 1.165) is 17.3 Å². The fraction of sp³-hybridized carbons (Fsp3) is 0.267. The molecule has 2 aromatic rings. The van der Waals surface area contributed by atoms with E-state index in [0.29, 0.717) is 0 Å². The van der Waals surface area contributed by atoms with Crippen LogP contribution in [0.3, 0.4) is 0 Å². The van der Waals surface area contributed by atoms with E-state index in [4.69, 9.17) is 0 Å². The van der Waals surface area contributed by atoms with Crippen LogP contribution in [0.2, 0.25) is 0 Å². The summed E-state index contributed by atoms with van der Waals surface area (Å²) in [4.78, 5) is 23.1. The summed E-state index contributed by atoms with van der Waals surface area (Å²) in [5.74, 6) is -1.37. The number of hydrogen-bond donors (Lipinski definition) is 2. The number of amides is 2. The molecule has 7 nitrogen and oxygen atoms in total. The van der Waals surface area contributed by atoms with Gasteiger partial charge in [0.05, 0.1) is 24.6 Å². The van der Waals surface area contributed by atoms with Crippen molar-refractivity contribution >= 4 is 17.7 Å².